The lowest BCUT2D eigenvalue weighted by atomic mass is 10.2. The van der Waals surface area contributed by atoms with Gasteiger partial charge in [0.15, 0.2) is 11.5 Å². The van der Waals surface area contributed by atoms with Gasteiger partial charge in [-0.1, -0.05) is 6.07 Å². The fraction of sp³-hybridized carbons (Fsp3) is 0.286. The Kier molecular flexibility index (Phi) is 8.09. The van der Waals surface area contributed by atoms with Crippen molar-refractivity contribution in [3.8, 4) is 35.1 Å². The van der Waals surface area contributed by atoms with Crippen LogP contribution in [0.2, 0.25) is 0 Å². The Morgan fingerprint density at radius 2 is 1.63 bits per heavy atom. The van der Waals surface area contributed by atoms with E-state index in [1.165, 1.54) is 24.1 Å². The van der Waals surface area contributed by atoms with Crippen LogP contribution in [0.5, 0.6) is 29.0 Å². The number of likely N-dealkylation sites (N-methyl/N-ethyl adjacent to an activating group) is 1. The molecule has 1 aliphatic heterocycles. The maximum atomic E-state index is 13.4. The van der Waals surface area contributed by atoms with Gasteiger partial charge in [-0.25, -0.2) is 0 Å². The van der Waals surface area contributed by atoms with Gasteiger partial charge in [-0.05, 0) is 37.4 Å². The molecule has 10 nitrogen and oxygen atoms in total. The smallest absolute Gasteiger partial charge is 0.254 e. The first-order valence-electron chi connectivity index (χ1n) is 12.0. The standard InChI is InChI=1S/C28H29N5O5/c1-31(2)27(34)20-6-5-7-22(15-20)37-25-16-21(28(35)33-12-10-32(3)11-13-33)17-26(30-25)38-24-14-19(18-29)8-9-23(24)36-4/h5-9,14-17H,10-13H2,1-4H3. The average Bonchev–Trinajstić information content (AvgIpc) is 2.92. The van der Waals surface area contributed by atoms with E-state index in [1.807, 2.05) is 7.05 Å². The molecule has 1 saturated heterocycles. The topological polar surface area (TPSA) is 108 Å². The quantitative estimate of drug-likeness (QED) is 0.469. The highest BCUT2D eigenvalue weighted by molar-refractivity contribution is 5.95. The number of nitriles is 1. The van der Waals surface area contributed by atoms with Gasteiger partial charge in [0.2, 0.25) is 11.8 Å². The monoisotopic (exact) mass is 515 g/mol. The van der Waals surface area contributed by atoms with Gasteiger partial charge in [-0.3, -0.25) is 9.59 Å². The summed E-state index contributed by atoms with van der Waals surface area (Å²) in [5.74, 6) is 0.912. The Morgan fingerprint density at radius 1 is 0.921 bits per heavy atom. The van der Waals surface area contributed by atoms with Crippen molar-refractivity contribution in [2.24, 2.45) is 0 Å². The molecule has 10 heteroatoms. The van der Waals surface area contributed by atoms with Crippen LogP contribution in [-0.4, -0.2) is 85.9 Å². The number of carbonyl (C=O) groups excluding carboxylic acids is 2. The van der Waals surface area contributed by atoms with Gasteiger partial charge in [0.25, 0.3) is 11.8 Å². The van der Waals surface area contributed by atoms with E-state index in [0.29, 0.717) is 41.3 Å². The molecule has 2 heterocycles. The van der Waals surface area contributed by atoms with Gasteiger partial charge in [-0.2, -0.15) is 10.2 Å². The van der Waals surface area contributed by atoms with Crippen molar-refractivity contribution in [1.29, 1.82) is 5.26 Å². The number of rotatable bonds is 7. The van der Waals surface area contributed by atoms with E-state index in [-0.39, 0.29) is 29.3 Å². The Morgan fingerprint density at radius 3 is 2.29 bits per heavy atom. The summed E-state index contributed by atoms with van der Waals surface area (Å²) in [5, 5.41) is 9.31. The minimum atomic E-state index is -0.176. The van der Waals surface area contributed by atoms with Crippen molar-refractivity contribution in [3.05, 3.63) is 71.3 Å². The second-order valence-electron chi connectivity index (χ2n) is 9.04. The van der Waals surface area contributed by atoms with E-state index < -0.39 is 0 Å². The van der Waals surface area contributed by atoms with Crippen molar-refractivity contribution >= 4 is 11.8 Å². The van der Waals surface area contributed by atoms with Crippen LogP contribution in [-0.2, 0) is 0 Å². The number of amides is 2. The maximum absolute atomic E-state index is 13.4. The first-order chi connectivity index (χ1) is 18.3. The molecule has 0 atom stereocenters. The number of nitrogens with zero attached hydrogens (tertiary/aromatic N) is 5. The van der Waals surface area contributed by atoms with Crippen LogP contribution in [0.15, 0.2) is 54.6 Å². The third-order valence-electron chi connectivity index (χ3n) is 6.03. The predicted octanol–water partition coefficient (Wildman–Crippen LogP) is 3.64. The summed E-state index contributed by atoms with van der Waals surface area (Å²) in [6.07, 6.45) is 0. The third-order valence-corrected chi connectivity index (χ3v) is 6.03. The first-order valence-corrected chi connectivity index (χ1v) is 12.0. The van der Waals surface area contributed by atoms with Crippen LogP contribution in [0.25, 0.3) is 0 Å². The molecule has 1 fully saturated rings. The van der Waals surface area contributed by atoms with Crippen LogP contribution >= 0.6 is 0 Å². The van der Waals surface area contributed by atoms with Gasteiger partial charge >= 0.3 is 0 Å². The number of hydrogen-bond acceptors (Lipinski definition) is 8. The molecule has 1 aliphatic rings. The number of methoxy groups -OCH3 is 1. The number of carbonyl (C=O) groups is 2. The summed E-state index contributed by atoms with van der Waals surface area (Å²) in [7, 11) is 6.85. The largest absolute Gasteiger partial charge is 0.493 e. The van der Waals surface area contributed by atoms with Crippen LogP contribution in [0.1, 0.15) is 26.3 Å². The van der Waals surface area contributed by atoms with Crippen molar-refractivity contribution in [2.45, 2.75) is 0 Å². The minimum Gasteiger partial charge on any atom is -0.493 e. The highest BCUT2D eigenvalue weighted by Crippen LogP contribution is 2.34. The molecular formula is C28H29N5O5. The molecule has 0 radical (unpaired) electrons. The van der Waals surface area contributed by atoms with E-state index in [4.69, 9.17) is 14.2 Å². The van der Waals surface area contributed by atoms with E-state index in [1.54, 1.807) is 61.5 Å². The summed E-state index contributed by atoms with van der Waals surface area (Å²) in [5.41, 5.74) is 1.17. The predicted molar refractivity (Wildman–Crippen MR) is 140 cm³/mol. The zero-order valence-corrected chi connectivity index (χ0v) is 21.8. The molecular weight excluding hydrogens is 486 g/mol. The number of piperazine rings is 1. The highest BCUT2D eigenvalue weighted by atomic mass is 16.5. The summed E-state index contributed by atoms with van der Waals surface area (Å²) >= 11 is 0. The molecule has 0 N–H and O–H groups in total. The lowest BCUT2D eigenvalue weighted by Crippen LogP contribution is -2.47. The molecule has 3 aromatic rings. The molecule has 0 unspecified atom stereocenters. The summed E-state index contributed by atoms with van der Waals surface area (Å²) in [4.78, 5) is 35.7. The highest BCUT2D eigenvalue weighted by Gasteiger charge is 2.23. The Balaban J connectivity index is 1.70. The molecule has 2 amide bonds. The lowest BCUT2D eigenvalue weighted by molar-refractivity contribution is 0.0663. The van der Waals surface area contributed by atoms with Crippen molar-refractivity contribution in [1.82, 2.24) is 19.7 Å². The second-order valence-corrected chi connectivity index (χ2v) is 9.04. The fourth-order valence-corrected chi connectivity index (χ4v) is 3.91. The van der Waals surface area contributed by atoms with Crippen molar-refractivity contribution < 1.29 is 23.8 Å². The molecule has 4 rings (SSSR count). The van der Waals surface area contributed by atoms with Crippen molar-refractivity contribution in [3.63, 3.8) is 0 Å². The van der Waals surface area contributed by atoms with Crippen LogP contribution < -0.4 is 14.2 Å². The summed E-state index contributed by atoms with van der Waals surface area (Å²) in [6.45, 7) is 2.73. The molecule has 0 spiro atoms. The normalized spacial score (nSPS) is 13.4. The summed E-state index contributed by atoms with van der Waals surface area (Å²) < 4.78 is 17.4. The van der Waals surface area contributed by atoms with Crippen LogP contribution in [0.3, 0.4) is 0 Å². The molecule has 0 aliphatic carbocycles. The Hall–Kier alpha value is -4.62. The number of benzene rings is 2. The first kappa shape index (κ1) is 26.4. The average molecular weight is 516 g/mol. The molecule has 2 aromatic carbocycles. The van der Waals surface area contributed by atoms with Crippen LogP contribution in [0.4, 0.5) is 0 Å². The molecule has 196 valence electrons. The summed E-state index contributed by atoms with van der Waals surface area (Å²) in [6, 6.07) is 16.6. The Labute approximate surface area is 221 Å². The van der Waals surface area contributed by atoms with Gasteiger partial charge in [0, 0.05) is 64.0 Å². The van der Waals surface area contributed by atoms with Gasteiger partial charge in [0.1, 0.15) is 5.75 Å². The second kappa shape index (κ2) is 11.6. The zero-order valence-electron chi connectivity index (χ0n) is 21.8. The SMILES string of the molecule is COc1ccc(C#N)cc1Oc1cc(C(=O)N2CCN(C)CC2)cc(Oc2cccc(C(=O)N(C)C)c2)n1. The van der Waals surface area contributed by atoms with E-state index in [2.05, 4.69) is 16.0 Å². The van der Waals surface area contributed by atoms with E-state index >= 15 is 0 Å². The molecule has 38 heavy (non-hydrogen) atoms. The van der Waals surface area contributed by atoms with Crippen molar-refractivity contribution in [2.75, 3.05) is 54.4 Å². The number of aromatic nitrogens is 1. The van der Waals surface area contributed by atoms with Crippen LogP contribution in [0, 0.1) is 11.3 Å². The lowest BCUT2D eigenvalue weighted by Gasteiger charge is -2.32. The van der Waals surface area contributed by atoms with Gasteiger partial charge in [-0.15, -0.1) is 0 Å². The minimum absolute atomic E-state index is 0.0916. The number of pyridine rings is 1. The van der Waals surface area contributed by atoms with Gasteiger partial charge < -0.3 is 28.9 Å². The molecule has 0 saturated carbocycles. The Bertz CT molecular complexity index is 1380. The zero-order chi connectivity index (χ0) is 27.2. The number of ether oxygens (including phenoxy) is 3. The van der Waals surface area contributed by atoms with E-state index in [9.17, 15) is 14.9 Å². The fourth-order valence-electron chi connectivity index (χ4n) is 3.91. The maximum Gasteiger partial charge on any atom is 0.254 e. The number of hydrogen-bond donors (Lipinski definition) is 0. The molecule has 0 bridgehead atoms. The molecule has 1 aromatic heterocycles. The third kappa shape index (κ3) is 6.19. The van der Waals surface area contributed by atoms with Gasteiger partial charge in [0.05, 0.1) is 24.3 Å². The van der Waals surface area contributed by atoms with E-state index in [0.717, 1.165) is 13.1 Å².